The number of hydrogen-bond donors (Lipinski definition) is 2. The van der Waals surface area contributed by atoms with E-state index in [1.54, 1.807) is 6.07 Å². The van der Waals surface area contributed by atoms with Crippen LogP contribution < -0.4 is 0 Å². The van der Waals surface area contributed by atoms with Crippen molar-refractivity contribution >= 4 is 11.6 Å². The first-order valence-electron chi connectivity index (χ1n) is 5.06. The monoisotopic (exact) mass is 228 g/mol. The molecule has 2 atom stereocenters. The molecule has 0 amide bonds. The predicted octanol–water partition coefficient (Wildman–Crippen LogP) is 2.70. The van der Waals surface area contributed by atoms with Crippen molar-refractivity contribution in [3.05, 3.63) is 34.3 Å². The van der Waals surface area contributed by atoms with Gasteiger partial charge in [0.1, 0.15) is 6.10 Å². The van der Waals surface area contributed by atoms with E-state index in [0.717, 1.165) is 5.56 Å². The SMILES string of the molecule is Cc1cccc(Cl)c1C(O)C(O)C(C)C. The summed E-state index contributed by atoms with van der Waals surface area (Å²) in [5.74, 6) is -0.00401. The molecule has 3 heteroatoms. The summed E-state index contributed by atoms with van der Waals surface area (Å²) in [4.78, 5) is 0. The number of aliphatic hydroxyl groups excluding tert-OH is 2. The highest BCUT2D eigenvalue weighted by atomic mass is 35.5. The lowest BCUT2D eigenvalue weighted by Gasteiger charge is -2.23. The van der Waals surface area contributed by atoms with Gasteiger partial charge < -0.3 is 10.2 Å². The van der Waals surface area contributed by atoms with Gasteiger partial charge >= 0.3 is 0 Å². The van der Waals surface area contributed by atoms with E-state index < -0.39 is 12.2 Å². The second-order valence-corrected chi connectivity index (χ2v) is 4.56. The van der Waals surface area contributed by atoms with Crippen molar-refractivity contribution in [3.63, 3.8) is 0 Å². The summed E-state index contributed by atoms with van der Waals surface area (Å²) in [6.07, 6.45) is -1.71. The fourth-order valence-electron chi connectivity index (χ4n) is 1.55. The Labute approximate surface area is 95.5 Å². The van der Waals surface area contributed by atoms with Gasteiger partial charge in [-0.05, 0) is 24.5 Å². The zero-order valence-corrected chi connectivity index (χ0v) is 9.99. The Hall–Kier alpha value is -0.570. The molecular formula is C12H17ClO2. The minimum absolute atomic E-state index is 0.00401. The molecule has 0 aliphatic heterocycles. The van der Waals surface area contributed by atoms with E-state index in [4.69, 9.17) is 11.6 Å². The molecule has 0 bridgehead atoms. The van der Waals surface area contributed by atoms with Gasteiger partial charge in [-0.1, -0.05) is 37.6 Å². The van der Waals surface area contributed by atoms with E-state index in [-0.39, 0.29) is 5.92 Å². The van der Waals surface area contributed by atoms with Crippen LogP contribution in [0.4, 0.5) is 0 Å². The van der Waals surface area contributed by atoms with Gasteiger partial charge in [-0.25, -0.2) is 0 Å². The minimum atomic E-state index is -0.918. The van der Waals surface area contributed by atoms with E-state index in [9.17, 15) is 10.2 Å². The molecule has 1 rings (SSSR count). The van der Waals surface area contributed by atoms with Crippen LogP contribution in [0.3, 0.4) is 0 Å². The molecule has 0 aliphatic carbocycles. The van der Waals surface area contributed by atoms with Crippen LogP contribution in [0.1, 0.15) is 31.1 Å². The Morgan fingerprint density at radius 3 is 2.27 bits per heavy atom. The molecule has 0 aromatic heterocycles. The van der Waals surface area contributed by atoms with E-state index in [2.05, 4.69) is 0 Å². The third kappa shape index (κ3) is 2.71. The fourth-order valence-corrected chi connectivity index (χ4v) is 1.89. The molecule has 2 nitrogen and oxygen atoms in total. The summed E-state index contributed by atoms with van der Waals surface area (Å²) in [5.41, 5.74) is 1.52. The smallest absolute Gasteiger partial charge is 0.107 e. The van der Waals surface area contributed by atoms with Crippen molar-refractivity contribution in [3.8, 4) is 0 Å². The van der Waals surface area contributed by atoms with Gasteiger partial charge in [0.25, 0.3) is 0 Å². The number of aliphatic hydroxyl groups is 2. The lowest BCUT2D eigenvalue weighted by atomic mass is 9.93. The number of aryl methyl sites for hydroxylation is 1. The minimum Gasteiger partial charge on any atom is -0.390 e. The summed E-state index contributed by atoms with van der Waals surface area (Å²) >= 11 is 6.00. The summed E-state index contributed by atoms with van der Waals surface area (Å²) in [6.45, 7) is 5.59. The van der Waals surface area contributed by atoms with Crippen LogP contribution in [-0.2, 0) is 0 Å². The van der Waals surface area contributed by atoms with Crippen molar-refractivity contribution in [2.75, 3.05) is 0 Å². The van der Waals surface area contributed by atoms with Gasteiger partial charge in [0, 0.05) is 10.6 Å². The predicted molar refractivity (Wildman–Crippen MR) is 62.0 cm³/mol. The van der Waals surface area contributed by atoms with Crippen LogP contribution in [-0.4, -0.2) is 16.3 Å². The third-order valence-electron chi connectivity index (χ3n) is 2.57. The van der Waals surface area contributed by atoms with Crippen LogP contribution in [0.25, 0.3) is 0 Å². The Kier molecular flexibility index (Phi) is 4.14. The maximum absolute atomic E-state index is 9.99. The summed E-state index contributed by atoms with van der Waals surface area (Å²) in [6, 6.07) is 5.42. The largest absolute Gasteiger partial charge is 0.390 e. The van der Waals surface area contributed by atoms with Crippen LogP contribution >= 0.6 is 11.6 Å². The van der Waals surface area contributed by atoms with E-state index in [1.165, 1.54) is 0 Å². The number of halogens is 1. The Morgan fingerprint density at radius 1 is 1.20 bits per heavy atom. The highest BCUT2D eigenvalue weighted by Gasteiger charge is 2.24. The summed E-state index contributed by atoms with van der Waals surface area (Å²) in [7, 11) is 0. The molecule has 0 heterocycles. The van der Waals surface area contributed by atoms with Crippen molar-refractivity contribution in [1.29, 1.82) is 0 Å². The van der Waals surface area contributed by atoms with E-state index in [1.807, 2.05) is 32.9 Å². The summed E-state index contributed by atoms with van der Waals surface area (Å²) < 4.78 is 0. The molecular weight excluding hydrogens is 212 g/mol. The first-order valence-corrected chi connectivity index (χ1v) is 5.44. The van der Waals surface area contributed by atoms with Crippen LogP contribution in [0.2, 0.25) is 5.02 Å². The normalized spacial score (nSPS) is 15.4. The van der Waals surface area contributed by atoms with Gasteiger partial charge in [-0.3, -0.25) is 0 Å². The molecule has 0 saturated heterocycles. The number of rotatable bonds is 3. The molecule has 2 N–H and O–H groups in total. The highest BCUT2D eigenvalue weighted by molar-refractivity contribution is 6.31. The molecule has 0 fully saturated rings. The average molecular weight is 229 g/mol. The van der Waals surface area contributed by atoms with Crippen molar-refractivity contribution < 1.29 is 10.2 Å². The van der Waals surface area contributed by atoms with Crippen molar-refractivity contribution in [2.45, 2.75) is 33.0 Å². The quantitative estimate of drug-likeness (QED) is 0.835. The zero-order valence-electron chi connectivity index (χ0n) is 9.24. The lowest BCUT2D eigenvalue weighted by Crippen LogP contribution is -2.24. The lowest BCUT2D eigenvalue weighted by molar-refractivity contribution is -0.00965. The van der Waals surface area contributed by atoms with Gasteiger partial charge in [0.05, 0.1) is 6.10 Å². The average Bonchev–Trinajstić information content (AvgIpc) is 2.15. The Bertz CT molecular complexity index is 316. The van der Waals surface area contributed by atoms with Gasteiger partial charge in [-0.2, -0.15) is 0 Å². The van der Waals surface area contributed by atoms with Gasteiger partial charge in [-0.15, -0.1) is 0 Å². The number of benzene rings is 1. The molecule has 0 saturated carbocycles. The van der Waals surface area contributed by atoms with E-state index >= 15 is 0 Å². The molecule has 1 aromatic carbocycles. The van der Waals surface area contributed by atoms with Crippen molar-refractivity contribution in [1.82, 2.24) is 0 Å². The molecule has 84 valence electrons. The maximum Gasteiger partial charge on any atom is 0.107 e. The standard InChI is InChI=1S/C12H17ClO2/c1-7(2)11(14)12(15)10-8(3)5-4-6-9(10)13/h4-7,11-12,14-15H,1-3H3. The molecule has 0 aliphatic rings. The van der Waals surface area contributed by atoms with Crippen LogP contribution in [0.5, 0.6) is 0 Å². The maximum atomic E-state index is 9.99. The zero-order chi connectivity index (χ0) is 11.6. The molecule has 0 spiro atoms. The second-order valence-electron chi connectivity index (χ2n) is 4.15. The molecule has 2 unspecified atom stereocenters. The van der Waals surface area contributed by atoms with Crippen LogP contribution in [0, 0.1) is 12.8 Å². The molecule has 1 aromatic rings. The Balaban J connectivity index is 3.05. The first-order chi connectivity index (χ1) is 6.95. The highest BCUT2D eigenvalue weighted by Crippen LogP contribution is 2.30. The van der Waals surface area contributed by atoms with Gasteiger partial charge in [0.15, 0.2) is 0 Å². The van der Waals surface area contributed by atoms with Crippen molar-refractivity contribution in [2.24, 2.45) is 5.92 Å². The summed E-state index contributed by atoms with van der Waals surface area (Å²) in [5, 5.41) is 20.3. The molecule has 0 radical (unpaired) electrons. The second kappa shape index (κ2) is 4.97. The van der Waals surface area contributed by atoms with E-state index in [0.29, 0.717) is 10.6 Å². The molecule has 15 heavy (non-hydrogen) atoms. The Morgan fingerprint density at radius 2 is 1.80 bits per heavy atom. The fraction of sp³-hybridized carbons (Fsp3) is 0.500. The van der Waals surface area contributed by atoms with Crippen LogP contribution in [0.15, 0.2) is 18.2 Å². The first kappa shape index (κ1) is 12.5. The topological polar surface area (TPSA) is 40.5 Å². The van der Waals surface area contributed by atoms with Gasteiger partial charge in [0.2, 0.25) is 0 Å². The third-order valence-corrected chi connectivity index (χ3v) is 2.90. The number of hydrogen-bond acceptors (Lipinski definition) is 2.